The van der Waals surface area contributed by atoms with E-state index in [9.17, 15) is 9.59 Å². The van der Waals surface area contributed by atoms with Crippen molar-refractivity contribution in [3.63, 3.8) is 0 Å². The van der Waals surface area contributed by atoms with Crippen LogP contribution in [0.3, 0.4) is 0 Å². The molecule has 0 aliphatic rings. The van der Waals surface area contributed by atoms with Crippen molar-refractivity contribution in [1.82, 2.24) is 0 Å². The van der Waals surface area contributed by atoms with Crippen LogP contribution in [-0.4, -0.2) is 29.1 Å². The SMILES string of the molecule is CCC(C)(N)C(=O)N(CCC(=O)O)c1ccccc1. The van der Waals surface area contributed by atoms with E-state index in [-0.39, 0.29) is 18.9 Å². The summed E-state index contributed by atoms with van der Waals surface area (Å²) < 4.78 is 0. The molecule has 1 amide bonds. The fourth-order valence-electron chi connectivity index (χ4n) is 1.62. The summed E-state index contributed by atoms with van der Waals surface area (Å²) in [6.45, 7) is 3.61. The molecule has 0 heterocycles. The Bertz CT molecular complexity index is 443. The number of carboxylic acid groups (broad SMARTS) is 1. The second-order valence-corrected chi connectivity index (χ2v) is 4.71. The van der Waals surface area contributed by atoms with Crippen molar-refractivity contribution in [3.8, 4) is 0 Å². The van der Waals surface area contributed by atoms with Gasteiger partial charge in [0.05, 0.1) is 12.0 Å². The number of aliphatic carboxylic acids is 1. The van der Waals surface area contributed by atoms with Crippen LogP contribution in [0.25, 0.3) is 0 Å². The zero-order valence-electron chi connectivity index (χ0n) is 11.3. The molecule has 104 valence electrons. The Morgan fingerprint density at radius 2 is 1.89 bits per heavy atom. The molecule has 1 aromatic rings. The molecule has 1 aromatic carbocycles. The van der Waals surface area contributed by atoms with E-state index in [0.717, 1.165) is 0 Å². The number of nitrogens with two attached hydrogens (primary N) is 1. The van der Waals surface area contributed by atoms with Gasteiger partial charge in [-0.3, -0.25) is 9.59 Å². The van der Waals surface area contributed by atoms with Gasteiger partial charge < -0.3 is 15.7 Å². The highest BCUT2D eigenvalue weighted by Gasteiger charge is 2.31. The predicted octanol–water partition coefficient (Wildman–Crippen LogP) is 1.62. The quantitative estimate of drug-likeness (QED) is 0.817. The lowest BCUT2D eigenvalue weighted by Gasteiger charge is -2.31. The van der Waals surface area contributed by atoms with Gasteiger partial charge >= 0.3 is 5.97 Å². The van der Waals surface area contributed by atoms with E-state index >= 15 is 0 Å². The van der Waals surface area contributed by atoms with Crippen LogP contribution in [0.1, 0.15) is 26.7 Å². The van der Waals surface area contributed by atoms with Gasteiger partial charge in [-0.1, -0.05) is 25.1 Å². The van der Waals surface area contributed by atoms with Gasteiger partial charge in [-0.2, -0.15) is 0 Å². The van der Waals surface area contributed by atoms with Crippen molar-refractivity contribution in [2.45, 2.75) is 32.2 Å². The minimum atomic E-state index is -0.992. The number of hydrogen-bond acceptors (Lipinski definition) is 3. The highest BCUT2D eigenvalue weighted by molar-refractivity contribution is 6.00. The number of benzene rings is 1. The third-order valence-electron chi connectivity index (χ3n) is 3.09. The molecule has 1 atom stereocenters. The number of rotatable bonds is 6. The van der Waals surface area contributed by atoms with Crippen LogP contribution in [-0.2, 0) is 9.59 Å². The third kappa shape index (κ3) is 4.06. The molecule has 0 aliphatic heterocycles. The summed E-state index contributed by atoms with van der Waals surface area (Å²) in [5.74, 6) is -1.20. The summed E-state index contributed by atoms with van der Waals surface area (Å²) in [4.78, 5) is 24.6. The van der Waals surface area contributed by atoms with Gasteiger partial charge in [0.2, 0.25) is 5.91 Å². The Morgan fingerprint density at radius 1 is 1.32 bits per heavy atom. The average molecular weight is 264 g/mol. The number of carboxylic acids is 1. The Morgan fingerprint density at radius 3 is 2.37 bits per heavy atom. The number of para-hydroxylation sites is 1. The van der Waals surface area contributed by atoms with E-state index < -0.39 is 11.5 Å². The molecular formula is C14H20N2O3. The third-order valence-corrected chi connectivity index (χ3v) is 3.09. The highest BCUT2D eigenvalue weighted by Crippen LogP contribution is 2.19. The molecule has 1 rings (SSSR count). The molecule has 5 heteroatoms. The van der Waals surface area contributed by atoms with Crippen molar-refractivity contribution >= 4 is 17.6 Å². The van der Waals surface area contributed by atoms with Gasteiger partial charge in [0.15, 0.2) is 0 Å². The Hall–Kier alpha value is -1.88. The number of anilines is 1. The number of carbonyl (C=O) groups excluding carboxylic acids is 1. The molecule has 5 nitrogen and oxygen atoms in total. The first-order valence-electron chi connectivity index (χ1n) is 6.26. The number of nitrogens with zero attached hydrogens (tertiary/aromatic N) is 1. The first-order chi connectivity index (χ1) is 8.88. The Balaban J connectivity index is 2.99. The predicted molar refractivity (Wildman–Crippen MR) is 73.9 cm³/mol. The van der Waals surface area contributed by atoms with E-state index in [2.05, 4.69) is 0 Å². The Kier molecular flexibility index (Phi) is 5.06. The minimum absolute atomic E-state index is 0.111. The highest BCUT2D eigenvalue weighted by atomic mass is 16.4. The Labute approximate surface area is 113 Å². The van der Waals surface area contributed by atoms with E-state index in [4.69, 9.17) is 10.8 Å². The van der Waals surface area contributed by atoms with Crippen LogP contribution in [0.4, 0.5) is 5.69 Å². The molecule has 0 aromatic heterocycles. The van der Waals surface area contributed by atoms with Crippen LogP contribution < -0.4 is 10.6 Å². The second-order valence-electron chi connectivity index (χ2n) is 4.71. The smallest absolute Gasteiger partial charge is 0.305 e. The molecule has 0 spiro atoms. The van der Waals surface area contributed by atoms with Gasteiger partial charge in [-0.25, -0.2) is 0 Å². The van der Waals surface area contributed by atoms with Gasteiger partial charge in [0.1, 0.15) is 0 Å². The lowest BCUT2D eigenvalue weighted by atomic mass is 9.98. The van der Waals surface area contributed by atoms with E-state index in [1.165, 1.54) is 4.90 Å². The average Bonchev–Trinajstić information content (AvgIpc) is 2.39. The standard InChI is InChI=1S/C14H20N2O3/c1-3-14(2,15)13(19)16(10-9-12(17)18)11-7-5-4-6-8-11/h4-8H,3,9-10,15H2,1-2H3,(H,17,18). The molecule has 0 saturated heterocycles. The maximum Gasteiger partial charge on any atom is 0.305 e. The fourth-order valence-corrected chi connectivity index (χ4v) is 1.62. The van der Waals surface area contributed by atoms with Crippen LogP contribution >= 0.6 is 0 Å². The van der Waals surface area contributed by atoms with Crippen LogP contribution in [0, 0.1) is 0 Å². The summed E-state index contributed by atoms with van der Waals surface area (Å²) in [5, 5.41) is 8.78. The zero-order chi connectivity index (χ0) is 14.5. The monoisotopic (exact) mass is 264 g/mol. The summed E-state index contributed by atoms with van der Waals surface area (Å²) in [7, 11) is 0. The van der Waals surface area contributed by atoms with Crippen molar-refractivity contribution in [1.29, 1.82) is 0 Å². The van der Waals surface area contributed by atoms with E-state index in [1.807, 2.05) is 13.0 Å². The number of amides is 1. The minimum Gasteiger partial charge on any atom is -0.481 e. The van der Waals surface area contributed by atoms with Crippen LogP contribution in [0.5, 0.6) is 0 Å². The largest absolute Gasteiger partial charge is 0.481 e. The topological polar surface area (TPSA) is 83.6 Å². The summed E-state index contributed by atoms with van der Waals surface area (Å²) in [6.07, 6.45) is 0.378. The summed E-state index contributed by atoms with van der Waals surface area (Å²) >= 11 is 0. The first kappa shape index (κ1) is 15.2. The lowest BCUT2D eigenvalue weighted by Crippen LogP contribution is -2.53. The maximum atomic E-state index is 12.4. The van der Waals surface area contributed by atoms with Gasteiger partial charge in [-0.15, -0.1) is 0 Å². The molecule has 3 N–H and O–H groups in total. The van der Waals surface area contributed by atoms with Crippen molar-refractivity contribution in [2.75, 3.05) is 11.4 Å². The van der Waals surface area contributed by atoms with E-state index in [0.29, 0.717) is 12.1 Å². The summed E-state index contributed by atoms with van der Waals surface area (Å²) in [6, 6.07) is 8.98. The van der Waals surface area contributed by atoms with E-state index in [1.54, 1.807) is 31.2 Å². The lowest BCUT2D eigenvalue weighted by molar-refractivity contribution is -0.136. The van der Waals surface area contributed by atoms with Gasteiger partial charge in [0.25, 0.3) is 0 Å². The van der Waals surface area contributed by atoms with Crippen LogP contribution in [0.15, 0.2) is 30.3 Å². The molecule has 0 fully saturated rings. The molecular weight excluding hydrogens is 244 g/mol. The fraction of sp³-hybridized carbons (Fsp3) is 0.429. The first-order valence-corrected chi connectivity index (χ1v) is 6.26. The molecule has 0 radical (unpaired) electrons. The van der Waals surface area contributed by atoms with Crippen LogP contribution in [0.2, 0.25) is 0 Å². The normalized spacial score (nSPS) is 13.6. The molecule has 0 bridgehead atoms. The van der Waals surface area contributed by atoms with Crippen molar-refractivity contribution in [2.24, 2.45) is 5.73 Å². The van der Waals surface area contributed by atoms with Gasteiger partial charge in [0, 0.05) is 12.2 Å². The van der Waals surface area contributed by atoms with Gasteiger partial charge in [-0.05, 0) is 25.5 Å². The molecule has 0 aliphatic carbocycles. The van der Waals surface area contributed by atoms with Crippen molar-refractivity contribution < 1.29 is 14.7 Å². The molecule has 19 heavy (non-hydrogen) atoms. The molecule has 0 saturated carbocycles. The summed E-state index contributed by atoms with van der Waals surface area (Å²) in [5.41, 5.74) is 5.64. The number of carbonyl (C=O) groups is 2. The second kappa shape index (κ2) is 6.33. The number of hydrogen-bond donors (Lipinski definition) is 2. The van der Waals surface area contributed by atoms with Crippen molar-refractivity contribution in [3.05, 3.63) is 30.3 Å². The maximum absolute atomic E-state index is 12.4. The zero-order valence-corrected chi connectivity index (χ0v) is 11.3. The molecule has 1 unspecified atom stereocenters.